The summed E-state index contributed by atoms with van der Waals surface area (Å²) < 4.78 is 26.4. The third kappa shape index (κ3) is 4.51. The first-order valence-electron chi connectivity index (χ1n) is 6.31. The van der Waals surface area contributed by atoms with E-state index in [1.807, 2.05) is 0 Å². The number of hydrogen-bond donors (Lipinski definition) is 3. The lowest BCUT2D eigenvalue weighted by Crippen LogP contribution is -2.44. The topological polar surface area (TPSA) is 113 Å². The molecule has 1 rings (SSSR count). The summed E-state index contributed by atoms with van der Waals surface area (Å²) in [6.45, 7) is 5.40. The van der Waals surface area contributed by atoms with E-state index in [9.17, 15) is 18.0 Å². The van der Waals surface area contributed by atoms with Crippen molar-refractivity contribution < 1.29 is 23.1 Å². The largest absolute Gasteiger partial charge is 0.480 e. The molecule has 0 aliphatic rings. The van der Waals surface area contributed by atoms with E-state index in [-0.39, 0.29) is 15.7 Å². The van der Waals surface area contributed by atoms with Gasteiger partial charge in [-0.25, -0.2) is 8.42 Å². The molecule has 118 valence electrons. The van der Waals surface area contributed by atoms with Crippen LogP contribution in [0.3, 0.4) is 0 Å². The fraction of sp³-hybridized carbons (Fsp3) is 0.500. The predicted molar refractivity (Wildman–Crippen MR) is 78.9 cm³/mol. The van der Waals surface area contributed by atoms with Gasteiger partial charge in [0.15, 0.2) is 0 Å². The third-order valence-corrected chi connectivity index (χ3v) is 5.16. The third-order valence-electron chi connectivity index (χ3n) is 2.66. The Kier molecular flexibility index (Phi) is 5.87. The van der Waals surface area contributed by atoms with Crippen LogP contribution in [0.5, 0.6) is 0 Å². The van der Waals surface area contributed by atoms with Crippen LogP contribution in [0.4, 0.5) is 0 Å². The van der Waals surface area contributed by atoms with E-state index >= 15 is 0 Å². The molecule has 9 heteroatoms. The van der Waals surface area contributed by atoms with Gasteiger partial charge in [0.25, 0.3) is 5.91 Å². The van der Waals surface area contributed by atoms with Gasteiger partial charge in [0.1, 0.15) is 6.04 Å². The molecule has 0 aliphatic heterocycles. The van der Waals surface area contributed by atoms with Crippen molar-refractivity contribution in [2.45, 2.75) is 31.7 Å². The summed E-state index contributed by atoms with van der Waals surface area (Å²) in [5.41, 5.74) is 0. The van der Waals surface area contributed by atoms with Gasteiger partial charge >= 0.3 is 5.97 Å². The monoisotopic (exact) mass is 334 g/mol. The number of sulfonamides is 1. The second kappa shape index (κ2) is 7.01. The second-order valence-electron chi connectivity index (χ2n) is 4.69. The number of carboxylic acids is 1. The summed E-state index contributed by atoms with van der Waals surface area (Å²) in [4.78, 5) is 22.8. The number of thiophene rings is 1. The highest BCUT2D eigenvalue weighted by Crippen LogP contribution is 2.20. The Morgan fingerprint density at radius 1 is 1.38 bits per heavy atom. The first-order valence-corrected chi connectivity index (χ1v) is 8.67. The number of hydrogen-bond acceptors (Lipinski definition) is 5. The molecular formula is C12H18N2O5S2. The minimum atomic E-state index is -3.98. The molecular weight excluding hydrogens is 316 g/mol. The molecule has 0 unspecified atom stereocenters. The normalized spacial score (nSPS) is 13.1. The van der Waals surface area contributed by atoms with Crippen LogP contribution >= 0.6 is 11.3 Å². The number of nitrogens with one attached hydrogen (secondary N) is 2. The number of aliphatic carboxylic acids is 1. The van der Waals surface area contributed by atoms with Crippen LogP contribution in [0.1, 0.15) is 30.4 Å². The maximum Gasteiger partial charge on any atom is 0.322 e. The van der Waals surface area contributed by atoms with Crippen molar-refractivity contribution >= 4 is 33.2 Å². The number of amides is 1. The van der Waals surface area contributed by atoms with Gasteiger partial charge in [-0.1, -0.05) is 13.8 Å². The molecule has 0 aromatic carbocycles. The van der Waals surface area contributed by atoms with Crippen molar-refractivity contribution in [3.63, 3.8) is 0 Å². The Morgan fingerprint density at radius 2 is 2.00 bits per heavy atom. The molecule has 1 amide bonds. The predicted octanol–water partition coefficient (Wildman–Crippen LogP) is 0.885. The summed E-state index contributed by atoms with van der Waals surface area (Å²) in [5, 5.41) is 12.9. The summed E-state index contributed by atoms with van der Waals surface area (Å²) in [6.07, 6.45) is 0. The van der Waals surface area contributed by atoms with E-state index in [1.54, 1.807) is 20.8 Å². The van der Waals surface area contributed by atoms with E-state index in [2.05, 4.69) is 10.0 Å². The minimum Gasteiger partial charge on any atom is -0.480 e. The molecule has 1 heterocycles. The second-order valence-corrected chi connectivity index (χ2v) is 7.31. The zero-order valence-electron chi connectivity index (χ0n) is 11.9. The van der Waals surface area contributed by atoms with E-state index in [1.165, 1.54) is 11.4 Å². The fourth-order valence-corrected chi connectivity index (χ4v) is 4.06. The van der Waals surface area contributed by atoms with Gasteiger partial charge in [-0.15, -0.1) is 11.3 Å². The Morgan fingerprint density at radius 3 is 2.48 bits per heavy atom. The van der Waals surface area contributed by atoms with Gasteiger partial charge in [-0.05, 0) is 18.9 Å². The van der Waals surface area contributed by atoms with Crippen LogP contribution in [-0.4, -0.2) is 38.0 Å². The number of rotatable bonds is 7. The lowest BCUT2D eigenvalue weighted by molar-refractivity contribution is -0.140. The van der Waals surface area contributed by atoms with Gasteiger partial charge in [0.2, 0.25) is 10.0 Å². The van der Waals surface area contributed by atoms with Gasteiger partial charge in [0.05, 0.1) is 9.77 Å². The van der Waals surface area contributed by atoms with Gasteiger partial charge < -0.3 is 10.4 Å². The van der Waals surface area contributed by atoms with Gasteiger partial charge in [-0.2, -0.15) is 4.72 Å². The maximum atomic E-state index is 12.1. The quantitative estimate of drug-likeness (QED) is 0.685. The summed E-state index contributed by atoms with van der Waals surface area (Å²) in [6, 6.07) is 0.0138. The summed E-state index contributed by atoms with van der Waals surface area (Å²) in [5.74, 6) is -2.01. The van der Waals surface area contributed by atoms with Crippen molar-refractivity contribution in [1.29, 1.82) is 0 Å². The first kappa shape index (κ1) is 17.6. The molecule has 0 fully saturated rings. The van der Waals surface area contributed by atoms with Crippen LogP contribution in [0.2, 0.25) is 0 Å². The molecule has 1 aromatic rings. The molecule has 0 bridgehead atoms. The number of carbonyl (C=O) groups is 2. The zero-order valence-corrected chi connectivity index (χ0v) is 13.5. The van der Waals surface area contributed by atoms with Crippen molar-refractivity contribution in [2.75, 3.05) is 6.54 Å². The van der Waals surface area contributed by atoms with Crippen LogP contribution in [0.15, 0.2) is 16.3 Å². The molecule has 0 saturated carbocycles. The summed E-state index contributed by atoms with van der Waals surface area (Å²) in [7, 11) is -3.98. The average molecular weight is 334 g/mol. The van der Waals surface area contributed by atoms with E-state index in [0.29, 0.717) is 6.54 Å². The Balaban J connectivity index is 2.98. The van der Waals surface area contributed by atoms with Crippen LogP contribution in [0, 0.1) is 5.92 Å². The van der Waals surface area contributed by atoms with Crippen molar-refractivity contribution in [1.82, 2.24) is 10.0 Å². The maximum absolute atomic E-state index is 12.1. The Hall–Kier alpha value is -1.45. The SMILES string of the molecule is CCNC(=O)c1cc(S(=O)(=O)N[C@@H](C(=O)O)C(C)C)cs1. The van der Waals surface area contributed by atoms with Crippen molar-refractivity contribution in [3.8, 4) is 0 Å². The van der Waals surface area contributed by atoms with Crippen molar-refractivity contribution in [2.24, 2.45) is 5.92 Å². The number of carboxylic acid groups (broad SMARTS) is 1. The zero-order chi connectivity index (χ0) is 16.2. The molecule has 3 N–H and O–H groups in total. The molecule has 0 saturated heterocycles. The lowest BCUT2D eigenvalue weighted by atomic mass is 10.1. The Bertz CT molecular complexity index is 621. The fourth-order valence-electron chi connectivity index (χ4n) is 1.53. The van der Waals surface area contributed by atoms with E-state index in [4.69, 9.17) is 5.11 Å². The molecule has 0 radical (unpaired) electrons. The van der Waals surface area contributed by atoms with Crippen molar-refractivity contribution in [3.05, 3.63) is 16.3 Å². The molecule has 0 aliphatic carbocycles. The molecule has 1 atom stereocenters. The van der Waals surface area contributed by atoms with Crippen LogP contribution in [-0.2, 0) is 14.8 Å². The average Bonchev–Trinajstić information content (AvgIpc) is 2.86. The van der Waals surface area contributed by atoms with E-state index in [0.717, 1.165) is 11.3 Å². The highest BCUT2D eigenvalue weighted by molar-refractivity contribution is 7.89. The van der Waals surface area contributed by atoms with Crippen LogP contribution < -0.4 is 10.0 Å². The van der Waals surface area contributed by atoms with Gasteiger partial charge in [-0.3, -0.25) is 9.59 Å². The highest BCUT2D eigenvalue weighted by Gasteiger charge is 2.29. The first-order chi connectivity index (χ1) is 9.69. The lowest BCUT2D eigenvalue weighted by Gasteiger charge is -2.17. The van der Waals surface area contributed by atoms with Gasteiger partial charge in [0, 0.05) is 11.9 Å². The number of carbonyl (C=O) groups excluding carboxylic acids is 1. The smallest absolute Gasteiger partial charge is 0.322 e. The standard InChI is InChI=1S/C12H18N2O5S2/c1-4-13-11(15)9-5-8(6-20-9)21(18,19)14-10(7(2)3)12(16)17/h5-7,10,14H,4H2,1-3H3,(H,13,15)(H,16,17)/t10-/m1/s1. The molecule has 0 spiro atoms. The van der Waals surface area contributed by atoms with Crippen LogP contribution in [0.25, 0.3) is 0 Å². The molecule has 1 aromatic heterocycles. The molecule has 21 heavy (non-hydrogen) atoms. The Labute approximate surface area is 127 Å². The highest BCUT2D eigenvalue weighted by atomic mass is 32.2. The summed E-state index contributed by atoms with van der Waals surface area (Å²) >= 11 is 0.990. The molecule has 7 nitrogen and oxygen atoms in total. The van der Waals surface area contributed by atoms with E-state index < -0.39 is 28.0 Å². The minimum absolute atomic E-state index is 0.111.